The fraction of sp³-hybridized carbons (Fsp3) is 0.0800. The number of Topliss-reactive ketones (excluding diaryl/α,β-unsaturated/α-hetero) is 1. The number of esters is 1. The molecule has 4 aromatic rings. The average Bonchev–Trinajstić information content (AvgIpc) is 3.32. The summed E-state index contributed by atoms with van der Waals surface area (Å²) in [6, 6.07) is 20.8. The lowest BCUT2D eigenvalue weighted by molar-refractivity contribution is -0.141. The van der Waals surface area contributed by atoms with Crippen LogP contribution in [0.5, 0.6) is 0 Å². The molecule has 0 radical (unpaired) electrons. The molecular weight excluding hydrogens is 438 g/mol. The maximum absolute atomic E-state index is 12.4. The van der Waals surface area contributed by atoms with Crippen LogP contribution in [0.4, 0.5) is 5.69 Å². The fourth-order valence-electron chi connectivity index (χ4n) is 2.96. The minimum absolute atomic E-state index is 0.0267. The van der Waals surface area contributed by atoms with Gasteiger partial charge >= 0.3 is 5.97 Å². The number of hydrogen-bond acceptors (Lipinski definition) is 7. The summed E-state index contributed by atoms with van der Waals surface area (Å²) >= 11 is 1.39. The summed E-state index contributed by atoms with van der Waals surface area (Å²) in [4.78, 5) is 45.3. The quantitative estimate of drug-likeness (QED) is 0.311. The third-order valence-electron chi connectivity index (χ3n) is 4.63. The van der Waals surface area contributed by atoms with Crippen LogP contribution < -0.4 is 5.32 Å². The van der Waals surface area contributed by atoms with E-state index < -0.39 is 5.97 Å². The van der Waals surface area contributed by atoms with Crippen LogP contribution >= 0.6 is 11.3 Å². The number of amides is 1. The molecular formula is C25H19N3O4S. The Labute approximate surface area is 194 Å². The zero-order valence-corrected chi connectivity index (χ0v) is 18.2. The molecule has 33 heavy (non-hydrogen) atoms. The standard InChI is InChI=1S/C25H19N3O4S/c29-22(17-9-11-19(12-10-17)27-24(31)18-6-2-1-3-7-18)15-32-23(30)14-20-16-33-25(28-20)21-8-4-5-13-26-21/h1-13,16H,14-15H2,(H,27,31). The third kappa shape index (κ3) is 5.96. The first-order valence-electron chi connectivity index (χ1n) is 10.1. The van der Waals surface area contributed by atoms with Gasteiger partial charge in [-0.05, 0) is 48.5 Å². The number of benzene rings is 2. The lowest BCUT2D eigenvalue weighted by Gasteiger charge is -2.07. The molecule has 7 nitrogen and oxygen atoms in total. The molecule has 2 aromatic heterocycles. The van der Waals surface area contributed by atoms with Gasteiger partial charge in [-0.25, -0.2) is 4.98 Å². The Morgan fingerprint density at radius 1 is 0.879 bits per heavy atom. The van der Waals surface area contributed by atoms with Gasteiger partial charge in [-0.15, -0.1) is 11.3 Å². The molecule has 0 atom stereocenters. The number of pyridine rings is 1. The molecule has 0 aliphatic carbocycles. The van der Waals surface area contributed by atoms with E-state index in [4.69, 9.17) is 4.74 Å². The molecule has 2 aromatic carbocycles. The molecule has 0 bridgehead atoms. The Bertz CT molecular complexity index is 1260. The zero-order valence-electron chi connectivity index (χ0n) is 17.4. The Balaban J connectivity index is 1.27. The van der Waals surface area contributed by atoms with Gasteiger partial charge in [0.25, 0.3) is 5.91 Å². The van der Waals surface area contributed by atoms with E-state index >= 15 is 0 Å². The van der Waals surface area contributed by atoms with Crippen molar-refractivity contribution in [3.8, 4) is 10.7 Å². The summed E-state index contributed by atoms with van der Waals surface area (Å²) in [7, 11) is 0. The van der Waals surface area contributed by atoms with Crippen LogP contribution in [0.3, 0.4) is 0 Å². The fourth-order valence-corrected chi connectivity index (χ4v) is 3.75. The van der Waals surface area contributed by atoms with E-state index in [0.717, 1.165) is 5.69 Å². The SMILES string of the molecule is O=C(Cc1csc(-c2ccccn2)n1)OCC(=O)c1ccc(NC(=O)c2ccccc2)cc1. The molecule has 0 saturated heterocycles. The van der Waals surface area contributed by atoms with Crippen molar-refractivity contribution in [2.24, 2.45) is 0 Å². The van der Waals surface area contributed by atoms with Crippen molar-refractivity contribution in [1.29, 1.82) is 0 Å². The normalized spacial score (nSPS) is 10.4. The van der Waals surface area contributed by atoms with Gasteiger partial charge in [-0.1, -0.05) is 24.3 Å². The monoisotopic (exact) mass is 457 g/mol. The second kappa shape index (κ2) is 10.4. The van der Waals surface area contributed by atoms with E-state index in [9.17, 15) is 14.4 Å². The van der Waals surface area contributed by atoms with Gasteiger partial charge in [0.15, 0.2) is 12.4 Å². The number of carbonyl (C=O) groups excluding carboxylic acids is 3. The van der Waals surface area contributed by atoms with Crippen molar-refractivity contribution in [2.45, 2.75) is 6.42 Å². The lowest BCUT2D eigenvalue weighted by Crippen LogP contribution is -2.16. The number of thiazole rings is 1. The van der Waals surface area contributed by atoms with Crippen molar-refractivity contribution in [2.75, 3.05) is 11.9 Å². The van der Waals surface area contributed by atoms with Crippen LogP contribution in [0.15, 0.2) is 84.4 Å². The molecule has 164 valence electrons. The molecule has 1 N–H and O–H groups in total. The van der Waals surface area contributed by atoms with Crippen molar-refractivity contribution in [1.82, 2.24) is 9.97 Å². The van der Waals surface area contributed by atoms with Crippen LogP contribution in [0.25, 0.3) is 10.7 Å². The minimum Gasteiger partial charge on any atom is -0.457 e. The first-order valence-corrected chi connectivity index (χ1v) is 11.0. The number of ether oxygens (including phenoxy) is 1. The summed E-state index contributed by atoms with van der Waals surface area (Å²) in [6.45, 7) is -0.369. The number of hydrogen-bond donors (Lipinski definition) is 1. The van der Waals surface area contributed by atoms with Crippen LogP contribution in [-0.4, -0.2) is 34.2 Å². The zero-order chi connectivity index (χ0) is 23.0. The van der Waals surface area contributed by atoms with Gasteiger partial charge in [0.2, 0.25) is 0 Å². The summed E-state index contributed by atoms with van der Waals surface area (Å²) in [5.74, 6) is -1.11. The minimum atomic E-state index is -0.534. The first kappa shape index (κ1) is 22.0. The Morgan fingerprint density at radius 2 is 1.64 bits per heavy atom. The van der Waals surface area contributed by atoms with E-state index in [1.807, 2.05) is 24.3 Å². The highest BCUT2D eigenvalue weighted by Gasteiger charge is 2.14. The van der Waals surface area contributed by atoms with Gasteiger partial charge in [0.05, 0.1) is 17.8 Å². The lowest BCUT2D eigenvalue weighted by atomic mass is 10.1. The molecule has 0 aliphatic heterocycles. The van der Waals surface area contributed by atoms with Crippen LogP contribution in [-0.2, 0) is 16.0 Å². The third-order valence-corrected chi connectivity index (χ3v) is 5.54. The van der Waals surface area contributed by atoms with Crippen LogP contribution in [0.2, 0.25) is 0 Å². The molecule has 0 fully saturated rings. The highest BCUT2D eigenvalue weighted by atomic mass is 32.1. The van der Waals surface area contributed by atoms with Gasteiger partial charge in [-0.2, -0.15) is 0 Å². The van der Waals surface area contributed by atoms with E-state index in [2.05, 4.69) is 15.3 Å². The molecule has 2 heterocycles. The number of nitrogens with zero attached hydrogens (tertiary/aromatic N) is 2. The van der Waals surface area contributed by atoms with Gasteiger partial charge < -0.3 is 10.1 Å². The second-order valence-electron chi connectivity index (χ2n) is 7.02. The van der Waals surface area contributed by atoms with Crippen LogP contribution in [0.1, 0.15) is 26.4 Å². The topological polar surface area (TPSA) is 98.2 Å². The van der Waals surface area contributed by atoms with E-state index in [-0.39, 0.29) is 24.7 Å². The molecule has 4 rings (SSSR count). The number of carbonyl (C=O) groups is 3. The maximum Gasteiger partial charge on any atom is 0.312 e. The highest BCUT2D eigenvalue weighted by molar-refractivity contribution is 7.13. The van der Waals surface area contributed by atoms with E-state index in [1.54, 1.807) is 60.1 Å². The van der Waals surface area contributed by atoms with Gasteiger partial charge in [0.1, 0.15) is 5.01 Å². The Hall–Kier alpha value is -4.17. The Kier molecular flexibility index (Phi) is 6.96. The molecule has 0 aliphatic rings. The molecule has 0 unspecified atom stereocenters. The predicted octanol–water partition coefficient (Wildman–Crippen LogP) is 4.43. The largest absolute Gasteiger partial charge is 0.457 e. The first-order chi connectivity index (χ1) is 16.1. The predicted molar refractivity (Wildman–Crippen MR) is 125 cm³/mol. The molecule has 1 amide bonds. The summed E-state index contributed by atoms with van der Waals surface area (Å²) < 4.78 is 5.12. The average molecular weight is 458 g/mol. The van der Waals surface area contributed by atoms with Gasteiger partial charge in [-0.3, -0.25) is 19.4 Å². The molecule has 8 heteroatoms. The smallest absolute Gasteiger partial charge is 0.312 e. The molecule has 0 saturated carbocycles. The van der Waals surface area contributed by atoms with Crippen molar-refractivity contribution < 1.29 is 19.1 Å². The second-order valence-corrected chi connectivity index (χ2v) is 7.88. The Morgan fingerprint density at radius 3 is 2.36 bits per heavy atom. The van der Waals surface area contributed by atoms with E-state index in [0.29, 0.717) is 27.5 Å². The van der Waals surface area contributed by atoms with Gasteiger partial charge in [0, 0.05) is 28.4 Å². The number of nitrogens with one attached hydrogen (secondary N) is 1. The number of rotatable bonds is 8. The summed E-state index contributed by atoms with van der Waals surface area (Å²) in [5, 5.41) is 5.26. The number of anilines is 1. The number of aromatic nitrogens is 2. The highest BCUT2D eigenvalue weighted by Crippen LogP contribution is 2.21. The van der Waals surface area contributed by atoms with Crippen molar-refractivity contribution in [3.05, 3.63) is 101 Å². The van der Waals surface area contributed by atoms with E-state index in [1.165, 1.54) is 11.3 Å². The molecule has 0 spiro atoms. The van der Waals surface area contributed by atoms with Crippen LogP contribution in [0, 0.1) is 0 Å². The maximum atomic E-state index is 12.4. The van der Waals surface area contributed by atoms with Crippen molar-refractivity contribution in [3.63, 3.8) is 0 Å². The summed E-state index contributed by atoms with van der Waals surface area (Å²) in [5.41, 5.74) is 2.78. The number of ketones is 1. The van der Waals surface area contributed by atoms with Crippen molar-refractivity contribution >= 4 is 34.7 Å². The summed E-state index contributed by atoms with van der Waals surface area (Å²) in [6.07, 6.45) is 1.65.